The Kier molecular flexibility index (Phi) is 6.48. The maximum absolute atomic E-state index is 2.42. The molecule has 0 spiro atoms. The van der Waals surface area contributed by atoms with Crippen LogP contribution in [-0.4, -0.2) is 0 Å². The van der Waals surface area contributed by atoms with E-state index >= 15 is 0 Å². The van der Waals surface area contributed by atoms with Gasteiger partial charge in [-0.05, 0) is 131 Å². The maximum Gasteiger partial charge on any atom is 0.0361 e. The van der Waals surface area contributed by atoms with Crippen molar-refractivity contribution in [3.05, 3.63) is 182 Å². The lowest BCUT2D eigenvalue weighted by molar-refractivity contribution is 1.66. The average Bonchev–Trinajstić information content (AvgIpc) is 3.77. The van der Waals surface area contributed by atoms with Crippen molar-refractivity contribution < 1.29 is 0 Å². The lowest BCUT2D eigenvalue weighted by atomic mass is 9.85. The van der Waals surface area contributed by atoms with Crippen LogP contribution in [0.15, 0.2) is 182 Å². The number of rotatable bonds is 3. The minimum atomic E-state index is 1.24. The Morgan fingerprint density at radius 3 is 1.31 bits per heavy atom. The molecule has 0 saturated heterocycles. The Labute approximate surface area is 319 Å². The monoisotopic (exact) mass is 718 g/mol. The van der Waals surface area contributed by atoms with E-state index in [2.05, 4.69) is 182 Å². The summed E-state index contributed by atoms with van der Waals surface area (Å²) in [6.07, 6.45) is 0. The molecule has 12 aromatic rings. The highest BCUT2D eigenvalue weighted by Crippen LogP contribution is 2.45. The van der Waals surface area contributed by atoms with Crippen LogP contribution in [0.2, 0.25) is 0 Å². The lowest BCUT2D eigenvalue weighted by Gasteiger charge is -2.18. The number of benzene rings is 10. The van der Waals surface area contributed by atoms with E-state index in [0.29, 0.717) is 0 Å². The topological polar surface area (TPSA) is 0 Å². The standard InChI is InChI=1S/C52H30S2/c1-2-10-31(11-3-1)51-40-13-4-6-15-42(40)52(43-16-7-5-14-41(43)51)36-21-20-32-24-33(18-19-34(32)25-36)35-22-23-48-45(26-35)46-28-38-29-49-44(27-37(38)30-50(46)54-48)39-12-8-9-17-47(39)53-49/h1-30H. The Balaban J connectivity index is 0.972. The van der Waals surface area contributed by atoms with Gasteiger partial charge < -0.3 is 0 Å². The van der Waals surface area contributed by atoms with Gasteiger partial charge in [-0.3, -0.25) is 0 Å². The zero-order chi connectivity index (χ0) is 35.3. The molecule has 2 heterocycles. The number of hydrogen-bond donors (Lipinski definition) is 0. The molecule has 2 aromatic heterocycles. The van der Waals surface area contributed by atoms with Crippen LogP contribution in [0.5, 0.6) is 0 Å². The lowest BCUT2D eigenvalue weighted by Crippen LogP contribution is -1.90. The molecule has 0 saturated carbocycles. The third-order valence-corrected chi connectivity index (χ3v) is 13.6. The van der Waals surface area contributed by atoms with Gasteiger partial charge in [-0.25, -0.2) is 0 Å². The molecule has 0 fully saturated rings. The highest BCUT2D eigenvalue weighted by Gasteiger charge is 2.17. The van der Waals surface area contributed by atoms with Crippen molar-refractivity contribution in [3.8, 4) is 33.4 Å². The molecule has 0 nitrogen and oxygen atoms in total. The van der Waals surface area contributed by atoms with E-state index < -0.39 is 0 Å². The van der Waals surface area contributed by atoms with Crippen molar-refractivity contribution in [2.24, 2.45) is 0 Å². The van der Waals surface area contributed by atoms with Crippen LogP contribution in [-0.2, 0) is 0 Å². The molecule has 0 radical (unpaired) electrons. The van der Waals surface area contributed by atoms with Crippen LogP contribution < -0.4 is 0 Å². The van der Waals surface area contributed by atoms with Gasteiger partial charge in [-0.1, -0.05) is 127 Å². The Bertz CT molecular complexity index is 3430. The molecule has 54 heavy (non-hydrogen) atoms. The Morgan fingerprint density at radius 1 is 0.222 bits per heavy atom. The highest BCUT2D eigenvalue weighted by molar-refractivity contribution is 7.26. The SMILES string of the molecule is c1ccc(-c2c3ccccc3c(-c3ccc4cc(-c5ccc6sc7cc8cc9c(cc8cc7c6c5)sc5ccccc59)ccc4c3)c3ccccc23)cc1. The fraction of sp³-hybridized carbons (Fsp3) is 0. The van der Waals surface area contributed by atoms with Crippen molar-refractivity contribution in [3.63, 3.8) is 0 Å². The molecule has 0 unspecified atom stereocenters. The molecule has 0 atom stereocenters. The normalized spacial score (nSPS) is 12.1. The zero-order valence-corrected chi connectivity index (χ0v) is 30.8. The van der Waals surface area contributed by atoms with E-state index in [4.69, 9.17) is 0 Å². The van der Waals surface area contributed by atoms with Gasteiger partial charge in [0.25, 0.3) is 0 Å². The molecule has 0 amide bonds. The van der Waals surface area contributed by atoms with Gasteiger partial charge in [-0.15, -0.1) is 22.7 Å². The van der Waals surface area contributed by atoms with E-state index in [-0.39, 0.29) is 0 Å². The highest BCUT2D eigenvalue weighted by atomic mass is 32.1. The van der Waals surface area contributed by atoms with E-state index in [1.54, 1.807) is 0 Å². The fourth-order valence-corrected chi connectivity index (χ4v) is 11.1. The van der Waals surface area contributed by atoms with Crippen molar-refractivity contribution in [1.82, 2.24) is 0 Å². The van der Waals surface area contributed by atoms with Gasteiger partial charge in [-0.2, -0.15) is 0 Å². The Hall–Kier alpha value is -6.32. The van der Waals surface area contributed by atoms with Gasteiger partial charge in [0.2, 0.25) is 0 Å². The van der Waals surface area contributed by atoms with E-state index in [9.17, 15) is 0 Å². The molecule has 0 aliphatic carbocycles. The molecule has 250 valence electrons. The smallest absolute Gasteiger partial charge is 0.0361 e. The summed E-state index contributed by atoms with van der Waals surface area (Å²) >= 11 is 3.79. The summed E-state index contributed by atoms with van der Waals surface area (Å²) in [5.74, 6) is 0. The summed E-state index contributed by atoms with van der Waals surface area (Å²) in [4.78, 5) is 0. The van der Waals surface area contributed by atoms with Crippen molar-refractivity contribution in [2.45, 2.75) is 0 Å². The fourth-order valence-electron chi connectivity index (χ4n) is 8.86. The van der Waals surface area contributed by atoms with Gasteiger partial charge in [0.05, 0.1) is 0 Å². The first kappa shape index (κ1) is 30.2. The predicted molar refractivity (Wildman–Crippen MR) is 239 cm³/mol. The number of hydrogen-bond acceptors (Lipinski definition) is 2. The van der Waals surface area contributed by atoms with Gasteiger partial charge in [0, 0.05) is 40.3 Å². The van der Waals surface area contributed by atoms with Crippen LogP contribution in [0, 0.1) is 0 Å². The molecular weight excluding hydrogens is 689 g/mol. The molecule has 0 bridgehead atoms. The summed E-state index contributed by atoms with van der Waals surface area (Å²) in [7, 11) is 0. The predicted octanol–water partition coefficient (Wildman–Crippen LogP) is 16.0. The quantitative estimate of drug-likeness (QED) is 0.160. The van der Waals surface area contributed by atoms with Gasteiger partial charge >= 0.3 is 0 Å². The molecule has 0 aliphatic heterocycles. The minimum absolute atomic E-state index is 1.24. The number of fused-ring (bicyclic) bond motifs is 10. The zero-order valence-electron chi connectivity index (χ0n) is 29.1. The molecule has 10 aromatic carbocycles. The van der Waals surface area contributed by atoms with Crippen LogP contribution in [0.3, 0.4) is 0 Å². The third-order valence-electron chi connectivity index (χ3n) is 11.4. The third kappa shape index (κ3) is 4.54. The maximum atomic E-state index is 2.42. The van der Waals surface area contributed by atoms with Crippen LogP contribution in [0.25, 0.3) is 117 Å². The molecule has 0 aliphatic rings. The molecule has 2 heteroatoms. The van der Waals surface area contributed by atoms with E-state index in [1.807, 2.05) is 22.7 Å². The first-order chi connectivity index (χ1) is 26.7. The second kappa shape index (κ2) is 11.6. The number of thiophene rings is 2. The van der Waals surface area contributed by atoms with Crippen molar-refractivity contribution >= 4 is 106 Å². The molecule has 12 rings (SSSR count). The van der Waals surface area contributed by atoms with Crippen LogP contribution in [0.1, 0.15) is 0 Å². The second-order valence-corrected chi connectivity index (χ2v) is 16.6. The van der Waals surface area contributed by atoms with Gasteiger partial charge in [0.1, 0.15) is 0 Å². The summed E-state index contributed by atoms with van der Waals surface area (Å²) in [5, 5.41) is 15.6. The summed E-state index contributed by atoms with van der Waals surface area (Å²) in [6, 6.07) is 68.0. The van der Waals surface area contributed by atoms with Crippen molar-refractivity contribution in [1.29, 1.82) is 0 Å². The Morgan fingerprint density at radius 2 is 0.667 bits per heavy atom. The summed E-state index contributed by atoms with van der Waals surface area (Å²) in [5.41, 5.74) is 7.58. The summed E-state index contributed by atoms with van der Waals surface area (Å²) in [6.45, 7) is 0. The second-order valence-electron chi connectivity index (χ2n) is 14.4. The van der Waals surface area contributed by atoms with Crippen LogP contribution in [0.4, 0.5) is 0 Å². The van der Waals surface area contributed by atoms with E-state index in [0.717, 1.165) is 0 Å². The van der Waals surface area contributed by atoms with E-state index in [1.165, 1.54) is 117 Å². The minimum Gasteiger partial charge on any atom is -0.135 e. The molecular formula is C52H30S2. The largest absolute Gasteiger partial charge is 0.135 e. The molecule has 0 N–H and O–H groups in total. The average molecular weight is 719 g/mol. The van der Waals surface area contributed by atoms with Gasteiger partial charge in [0.15, 0.2) is 0 Å². The van der Waals surface area contributed by atoms with Crippen molar-refractivity contribution in [2.75, 3.05) is 0 Å². The first-order valence-corrected chi connectivity index (χ1v) is 20.1. The summed E-state index contributed by atoms with van der Waals surface area (Å²) < 4.78 is 5.38. The van der Waals surface area contributed by atoms with Crippen LogP contribution >= 0.6 is 22.7 Å². The first-order valence-electron chi connectivity index (χ1n) is 18.5.